The highest BCUT2D eigenvalue weighted by molar-refractivity contribution is 6.60. The van der Waals surface area contributed by atoms with Crippen LogP contribution in [0.15, 0.2) is 0 Å². The van der Waals surface area contributed by atoms with Gasteiger partial charge in [0, 0.05) is 5.92 Å². The van der Waals surface area contributed by atoms with Gasteiger partial charge in [-0.25, -0.2) is 0 Å². The Labute approximate surface area is 68.4 Å². The molecule has 2 unspecified atom stereocenters. The third kappa shape index (κ3) is 0.621. The summed E-state index contributed by atoms with van der Waals surface area (Å²) in [5, 5.41) is 0. The van der Waals surface area contributed by atoms with Crippen LogP contribution in [-0.4, -0.2) is 23.3 Å². The highest BCUT2D eigenvalue weighted by Gasteiger charge is 2.62. The lowest BCUT2D eigenvalue weighted by molar-refractivity contribution is -0.132. The molecule has 10 heavy (non-hydrogen) atoms. The SMILES string of the molecule is O=C1C2COCC2C1(Cl)Cl. The van der Waals surface area contributed by atoms with Gasteiger partial charge in [-0.15, -0.1) is 0 Å². The van der Waals surface area contributed by atoms with E-state index < -0.39 is 4.33 Å². The van der Waals surface area contributed by atoms with Crippen LogP contribution in [0.2, 0.25) is 0 Å². The summed E-state index contributed by atoms with van der Waals surface area (Å²) in [6.07, 6.45) is 0. The van der Waals surface area contributed by atoms with E-state index >= 15 is 0 Å². The van der Waals surface area contributed by atoms with Crippen molar-refractivity contribution in [2.75, 3.05) is 13.2 Å². The Morgan fingerprint density at radius 1 is 1.50 bits per heavy atom. The van der Waals surface area contributed by atoms with Gasteiger partial charge in [0.2, 0.25) is 0 Å². The van der Waals surface area contributed by atoms with Crippen molar-refractivity contribution in [3.05, 3.63) is 0 Å². The molecule has 1 saturated carbocycles. The standard InChI is InChI=1S/C6H6Cl2O2/c7-6(8)4-2-10-1-3(4)5(6)9/h3-4H,1-2H2. The summed E-state index contributed by atoms with van der Waals surface area (Å²) in [5.41, 5.74) is 0. The quantitative estimate of drug-likeness (QED) is 0.521. The molecule has 2 aliphatic rings. The number of halogens is 2. The molecule has 0 amide bonds. The Morgan fingerprint density at radius 2 is 2.20 bits per heavy atom. The van der Waals surface area contributed by atoms with Crippen molar-refractivity contribution in [1.29, 1.82) is 0 Å². The third-order valence-corrected chi connectivity index (χ3v) is 3.14. The maximum Gasteiger partial charge on any atom is 0.182 e. The van der Waals surface area contributed by atoms with Gasteiger partial charge in [-0.05, 0) is 0 Å². The number of alkyl halides is 2. The van der Waals surface area contributed by atoms with Gasteiger partial charge in [0.25, 0.3) is 0 Å². The number of hydrogen-bond acceptors (Lipinski definition) is 2. The number of rotatable bonds is 0. The number of ketones is 1. The lowest BCUT2D eigenvalue weighted by Gasteiger charge is -2.39. The van der Waals surface area contributed by atoms with Crippen molar-refractivity contribution >= 4 is 29.0 Å². The van der Waals surface area contributed by atoms with E-state index in [0.29, 0.717) is 13.2 Å². The van der Waals surface area contributed by atoms with E-state index in [9.17, 15) is 4.79 Å². The van der Waals surface area contributed by atoms with Crippen molar-refractivity contribution < 1.29 is 9.53 Å². The minimum Gasteiger partial charge on any atom is -0.380 e. The Balaban J connectivity index is 2.23. The van der Waals surface area contributed by atoms with Gasteiger partial charge >= 0.3 is 0 Å². The molecule has 0 bridgehead atoms. The van der Waals surface area contributed by atoms with Gasteiger partial charge in [-0.1, -0.05) is 23.2 Å². The van der Waals surface area contributed by atoms with Gasteiger partial charge in [-0.3, -0.25) is 4.79 Å². The molecule has 0 spiro atoms. The van der Waals surface area contributed by atoms with Crippen molar-refractivity contribution in [2.24, 2.45) is 11.8 Å². The lowest BCUT2D eigenvalue weighted by atomic mass is 9.74. The molecule has 0 N–H and O–H groups in total. The van der Waals surface area contributed by atoms with Crippen LogP contribution >= 0.6 is 23.2 Å². The molecular weight excluding hydrogens is 175 g/mol. The molecule has 0 aromatic rings. The first-order valence-corrected chi connectivity index (χ1v) is 3.89. The summed E-state index contributed by atoms with van der Waals surface area (Å²) in [4.78, 5) is 11.0. The molecular formula is C6H6Cl2O2. The molecule has 4 heteroatoms. The number of carbonyl (C=O) groups excluding carboxylic acids is 1. The molecule has 0 aromatic carbocycles. The first kappa shape index (κ1) is 6.89. The zero-order valence-electron chi connectivity index (χ0n) is 5.14. The van der Waals surface area contributed by atoms with Crippen LogP contribution in [0.5, 0.6) is 0 Å². The molecule has 2 fully saturated rings. The normalized spacial score (nSPS) is 42.8. The van der Waals surface area contributed by atoms with E-state index in [1.165, 1.54) is 0 Å². The molecule has 1 saturated heterocycles. The monoisotopic (exact) mass is 180 g/mol. The van der Waals surface area contributed by atoms with Crippen LogP contribution in [-0.2, 0) is 9.53 Å². The minimum absolute atomic E-state index is 0.0185. The van der Waals surface area contributed by atoms with Gasteiger partial charge in [-0.2, -0.15) is 0 Å². The van der Waals surface area contributed by atoms with Crippen molar-refractivity contribution in [3.63, 3.8) is 0 Å². The molecule has 0 radical (unpaired) electrons. The summed E-state index contributed by atoms with van der Waals surface area (Å²) >= 11 is 11.4. The number of Topliss-reactive ketones (excluding diaryl/α,β-unsaturated/α-hetero) is 1. The van der Waals surface area contributed by atoms with Crippen LogP contribution < -0.4 is 0 Å². The predicted molar refractivity (Wildman–Crippen MR) is 37.2 cm³/mol. The summed E-state index contributed by atoms with van der Waals surface area (Å²) in [6.45, 7) is 1.04. The predicted octanol–water partition coefficient (Wildman–Crippen LogP) is 1.01. The second-order valence-corrected chi connectivity index (χ2v) is 4.12. The highest BCUT2D eigenvalue weighted by atomic mass is 35.5. The first-order chi connectivity index (χ1) is 4.64. The van der Waals surface area contributed by atoms with E-state index in [1.807, 2.05) is 0 Å². The Bertz CT molecular complexity index is 190. The van der Waals surface area contributed by atoms with Gasteiger partial charge < -0.3 is 4.74 Å². The van der Waals surface area contributed by atoms with Gasteiger partial charge in [0.1, 0.15) is 0 Å². The number of fused-ring (bicyclic) bond motifs is 1. The summed E-state index contributed by atoms with van der Waals surface area (Å²) in [6, 6.07) is 0. The number of ether oxygens (including phenoxy) is 1. The van der Waals surface area contributed by atoms with Crippen LogP contribution in [0, 0.1) is 11.8 Å². The fraction of sp³-hybridized carbons (Fsp3) is 0.833. The van der Waals surface area contributed by atoms with E-state index in [1.54, 1.807) is 0 Å². The summed E-state index contributed by atoms with van der Waals surface area (Å²) < 4.78 is 3.91. The summed E-state index contributed by atoms with van der Waals surface area (Å²) in [5.74, 6) is -0.0448. The molecule has 2 rings (SSSR count). The van der Waals surface area contributed by atoms with E-state index in [0.717, 1.165) is 0 Å². The van der Waals surface area contributed by atoms with E-state index in [-0.39, 0.29) is 17.6 Å². The average molecular weight is 181 g/mol. The van der Waals surface area contributed by atoms with E-state index in [4.69, 9.17) is 27.9 Å². The van der Waals surface area contributed by atoms with Crippen LogP contribution in [0.4, 0.5) is 0 Å². The fourth-order valence-corrected chi connectivity index (χ4v) is 2.21. The smallest absolute Gasteiger partial charge is 0.182 e. The Kier molecular flexibility index (Phi) is 1.29. The molecule has 1 aliphatic carbocycles. The maximum absolute atomic E-state index is 11.0. The van der Waals surface area contributed by atoms with Crippen molar-refractivity contribution in [2.45, 2.75) is 4.33 Å². The summed E-state index contributed by atoms with van der Waals surface area (Å²) in [7, 11) is 0. The zero-order chi connectivity index (χ0) is 7.35. The highest BCUT2D eigenvalue weighted by Crippen LogP contribution is 2.51. The largest absolute Gasteiger partial charge is 0.380 e. The second kappa shape index (κ2) is 1.87. The van der Waals surface area contributed by atoms with Gasteiger partial charge in [0.05, 0.1) is 19.1 Å². The van der Waals surface area contributed by atoms with Crippen LogP contribution in [0.3, 0.4) is 0 Å². The zero-order valence-corrected chi connectivity index (χ0v) is 6.65. The minimum atomic E-state index is -1.14. The van der Waals surface area contributed by atoms with E-state index in [2.05, 4.69) is 0 Å². The molecule has 2 nitrogen and oxygen atoms in total. The van der Waals surface area contributed by atoms with Gasteiger partial charge in [0.15, 0.2) is 10.1 Å². The Morgan fingerprint density at radius 3 is 2.80 bits per heavy atom. The van der Waals surface area contributed by atoms with Crippen molar-refractivity contribution in [3.8, 4) is 0 Å². The maximum atomic E-state index is 11.0. The van der Waals surface area contributed by atoms with Crippen LogP contribution in [0.25, 0.3) is 0 Å². The second-order valence-electron chi connectivity index (χ2n) is 2.74. The number of carbonyl (C=O) groups is 1. The lowest BCUT2D eigenvalue weighted by Crippen LogP contribution is -2.55. The third-order valence-electron chi connectivity index (χ3n) is 2.21. The molecule has 2 atom stereocenters. The van der Waals surface area contributed by atoms with Crippen molar-refractivity contribution in [1.82, 2.24) is 0 Å². The molecule has 0 aromatic heterocycles. The fourth-order valence-electron chi connectivity index (χ4n) is 1.50. The molecule has 56 valence electrons. The first-order valence-electron chi connectivity index (χ1n) is 3.14. The topological polar surface area (TPSA) is 26.3 Å². The van der Waals surface area contributed by atoms with Crippen LogP contribution in [0.1, 0.15) is 0 Å². The molecule has 1 aliphatic heterocycles. The molecule has 1 heterocycles. The number of hydrogen-bond donors (Lipinski definition) is 0. The average Bonchev–Trinajstić information content (AvgIpc) is 2.31. The Hall–Kier alpha value is 0.210.